The van der Waals surface area contributed by atoms with Gasteiger partial charge >= 0.3 is 0 Å². The molecule has 0 spiro atoms. The minimum absolute atomic E-state index is 0.0859. The van der Waals surface area contributed by atoms with Crippen molar-refractivity contribution in [1.29, 1.82) is 0 Å². The van der Waals surface area contributed by atoms with Crippen LogP contribution in [0, 0.1) is 0 Å². The summed E-state index contributed by atoms with van der Waals surface area (Å²) >= 11 is 3.41. The van der Waals surface area contributed by atoms with Crippen molar-refractivity contribution in [1.82, 2.24) is 5.32 Å². The Morgan fingerprint density at radius 3 is 2.20 bits per heavy atom. The first kappa shape index (κ1) is 14.6. The lowest BCUT2D eigenvalue weighted by atomic mass is 10.1. The Balaban J connectivity index is 1.93. The second kappa shape index (κ2) is 7.10. The molecule has 0 aliphatic heterocycles. The number of hydrogen-bond donors (Lipinski definition) is 1. The van der Waals surface area contributed by atoms with E-state index in [-0.39, 0.29) is 5.91 Å². The van der Waals surface area contributed by atoms with E-state index in [0.717, 1.165) is 16.6 Å². The molecule has 0 atom stereocenters. The minimum Gasteiger partial charge on any atom is -0.497 e. The molecule has 0 heterocycles. The third-order valence-electron chi connectivity index (χ3n) is 2.98. The largest absolute Gasteiger partial charge is 0.497 e. The van der Waals surface area contributed by atoms with E-state index >= 15 is 0 Å². The molecule has 2 rings (SSSR count). The molecule has 0 unspecified atom stereocenters. The fraction of sp³-hybridized carbons (Fsp3) is 0.188. The maximum absolute atomic E-state index is 12.0. The molecule has 2 aromatic carbocycles. The standard InChI is InChI=1S/C16H16BrNO2/c1-20-15-8-6-14(7-9-15)16(19)18-11-13-4-2-12(10-17)3-5-13/h2-9H,10-11H2,1H3,(H,18,19). The molecule has 20 heavy (non-hydrogen) atoms. The SMILES string of the molecule is COc1ccc(C(=O)NCc2ccc(CBr)cc2)cc1. The highest BCUT2D eigenvalue weighted by Crippen LogP contribution is 2.12. The van der Waals surface area contributed by atoms with Crippen molar-refractivity contribution < 1.29 is 9.53 Å². The van der Waals surface area contributed by atoms with Gasteiger partial charge in [0.25, 0.3) is 5.91 Å². The summed E-state index contributed by atoms with van der Waals surface area (Å²) in [5, 5.41) is 3.74. The third kappa shape index (κ3) is 3.84. The number of ether oxygens (including phenoxy) is 1. The number of halogens is 1. The maximum Gasteiger partial charge on any atom is 0.251 e. The lowest BCUT2D eigenvalue weighted by Gasteiger charge is -2.07. The van der Waals surface area contributed by atoms with Crippen LogP contribution in [-0.4, -0.2) is 13.0 Å². The van der Waals surface area contributed by atoms with Crippen molar-refractivity contribution in [2.45, 2.75) is 11.9 Å². The molecule has 4 heteroatoms. The van der Waals surface area contributed by atoms with Crippen LogP contribution in [0.2, 0.25) is 0 Å². The predicted molar refractivity (Wildman–Crippen MR) is 83.2 cm³/mol. The van der Waals surface area contributed by atoms with Crippen LogP contribution in [0.3, 0.4) is 0 Å². The number of carbonyl (C=O) groups is 1. The second-order valence-corrected chi connectivity index (χ2v) is 4.92. The lowest BCUT2D eigenvalue weighted by Crippen LogP contribution is -2.22. The van der Waals surface area contributed by atoms with E-state index in [2.05, 4.69) is 21.2 Å². The molecule has 0 bridgehead atoms. The summed E-state index contributed by atoms with van der Waals surface area (Å²) < 4.78 is 5.06. The number of benzene rings is 2. The topological polar surface area (TPSA) is 38.3 Å². The van der Waals surface area contributed by atoms with E-state index in [1.54, 1.807) is 31.4 Å². The Hall–Kier alpha value is -1.81. The van der Waals surface area contributed by atoms with Crippen molar-refractivity contribution in [3.8, 4) is 5.75 Å². The maximum atomic E-state index is 12.0. The van der Waals surface area contributed by atoms with Crippen molar-refractivity contribution in [2.24, 2.45) is 0 Å². The molecular formula is C16H16BrNO2. The normalized spacial score (nSPS) is 10.1. The van der Waals surface area contributed by atoms with Gasteiger partial charge in [-0.1, -0.05) is 40.2 Å². The van der Waals surface area contributed by atoms with E-state index in [0.29, 0.717) is 12.1 Å². The number of hydrogen-bond acceptors (Lipinski definition) is 2. The van der Waals surface area contributed by atoms with Crippen molar-refractivity contribution >= 4 is 21.8 Å². The van der Waals surface area contributed by atoms with Crippen molar-refractivity contribution in [2.75, 3.05) is 7.11 Å². The van der Waals surface area contributed by atoms with Crippen LogP contribution in [0.25, 0.3) is 0 Å². The quantitative estimate of drug-likeness (QED) is 0.850. The molecule has 0 aliphatic carbocycles. The zero-order chi connectivity index (χ0) is 14.4. The smallest absolute Gasteiger partial charge is 0.251 e. The molecule has 104 valence electrons. The van der Waals surface area contributed by atoms with Crippen molar-refractivity contribution in [3.63, 3.8) is 0 Å². The number of alkyl halides is 1. The molecule has 0 saturated carbocycles. The lowest BCUT2D eigenvalue weighted by molar-refractivity contribution is 0.0951. The third-order valence-corrected chi connectivity index (χ3v) is 3.63. The summed E-state index contributed by atoms with van der Waals surface area (Å²) in [4.78, 5) is 12.0. The van der Waals surface area contributed by atoms with E-state index in [9.17, 15) is 4.79 Å². The van der Waals surface area contributed by atoms with Crippen LogP contribution < -0.4 is 10.1 Å². The summed E-state index contributed by atoms with van der Waals surface area (Å²) in [6.07, 6.45) is 0. The first-order valence-corrected chi connectivity index (χ1v) is 7.41. The van der Waals surface area contributed by atoms with Gasteiger partial charge in [0.05, 0.1) is 7.11 Å². The molecule has 1 N–H and O–H groups in total. The van der Waals surface area contributed by atoms with Gasteiger partial charge in [-0.2, -0.15) is 0 Å². The summed E-state index contributed by atoms with van der Waals surface area (Å²) in [5.41, 5.74) is 2.93. The average Bonchev–Trinajstić information content (AvgIpc) is 2.53. The molecule has 3 nitrogen and oxygen atoms in total. The van der Waals surface area contributed by atoms with Crippen LogP contribution in [-0.2, 0) is 11.9 Å². The number of amides is 1. The van der Waals surface area contributed by atoms with Gasteiger partial charge in [0.1, 0.15) is 5.75 Å². The van der Waals surface area contributed by atoms with Crippen LogP contribution in [0.4, 0.5) is 0 Å². The van der Waals surface area contributed by atoms with Gasteiger partial charge in [-0.3, -0.25) is 4.79 Å². The monoisotopic (exact) mass is 333 g/mol. The Kier molecular flexibility index (Phi) is 5.18. The van der Waals surface area contributed by atoms with Gasteiger partial charge in [0, 0.05) is 17.4 Å². The van der Waals surface area contributed by atoms with E-state index < -0.39 is 0 Å². The van der Waals surface area contributed by atoms with Gasteiger partial charge < -0.3 is 10.1 Å². The molecule has 0 aliphatic rings. The average molecular weight is 334 g/mol. The zero-order valence-electron chi connectivity index (χ0n) is 11.2. The highest BCUT2D eigenvalue weighted by Gasteiger charge is 2.05. The number of methoxy groups -OCH3 is 1. The van der Waals surface area contributed by atoms with Gasteiger partial charge in [0.2, 0.25) is 0 Å². The van der Waals surface area contributed by atoms with Crippen LogP contribution >= 0.6 is 15.9 Å². The number of nitrogens with one attached hydrogen (secondary N) is 1. The fourth-order valence-electron chi connectivity index (χ4n) is 1.77. The molecule has 0 fully saturated rings. The van der Waals surface area contributed by atoms with E-state index in [1.165, 1.54) is 5.56 Å². The van der Waals surface area contributed by atoms with Crippen molar-refractivity contribution in [3.05, 3.63) is 65.2 Å². The van der Waals surface area contributed by atoms with E-state index in [1.807, 2.05) is 24.3 Å². The number of carbonyl (C=O) groups excluding carboxylic acids is 1. The Morgan fingerprint density at radius 1 is 1.05 bits per heavy atom. The predicted octanol–water partition coefficient (Wildman–Crippen LogP) is 3.52. The Labute approximate surface area is 127 Å². The highest BCUT2D eigenvalue weighted by molar-refractivity contribution is 9.08. The van der Waals surface area contributed by atoms with Gasteiger partial charge in [0.15, 0.2) is 0 Å². The Bertz CT molecular complexity index is 564. The van der Waals surface area contributed by atoms with E-state index in [4.69, 9.17) is 4.74 Å². The van der Waals surface area contributed by atoms with Crippen LogP contribution in [0.5, 0.6) is 5.75 Å². The second-order valence-electron chi connectivity index (χ2n) is 4.36. The van der Waals surface area contributed by atoms with Gasteiger partial charge in [-0.05, 0) is 35.4 Å². The summed E-state index contributed by atoms with van der Waals surface area (Å²) in [7, 11) is 1.60. The van der Waals surface area contributed by atoms with Crippen LogP contribution in [0.1, 0.15) is 21.5 Å². The molecule has 0 radical (unpaired) electrons. The molecule has 0 saturated heterocycles. The first-order valence-electron chi connectivity index (χ1n) is 6.29. The first-order chi connectivity index (χ1) is 9.72. The Morgan fingerprint density at radius 2 is 1.65 bits per heavy atom. The highest BCUT2D eigenvalue weighted by atomic mass is 79.9. The minimum atomic E-state index is -0.0859. The number of rotatable bonds is 5. The zero-order valence-corrected chi connectivity index (χ0v) is 12.8. The molecule has 2 aromatic rings. The molecule has 0 aromatic heterocycles. The van der Waals surface area contributed by atoms with Crippen LogP contribution in [0.15, 0.2) is 48.5 Å². The molecular weight excluding hydrogens is 318 g/mol. The summed E-state index contributed by atoms with van der Waals surface area (Å²) in [6, 6.07) is 15.2. The summed E-state index contributed by atoms with van der Waals surface area (Å²) in [6.45, 7) is 0.521. The fourth-order valence-corrected chi connectivity index (χ4v) is 2.15. The molecule has 1 amide bonds. The summed E-state index contributed by atoms with van der Waals surface area (Å²) in [5.74, 6) is 0.657. The van der Waals surface area contributed by atoms with Gasteiger partial charge in [-0.15, -0.1) is 0 Å². The van der Waals surface area contributed by atoms with Gasteiger partial charge in [-0.25, -0.2) is 0 Å².